The van der Waals surface area contributed by atoms with E-state index in [4.69, 9.17) is 11.6 Å². The summed E-state index contributed by atoms with van der Waals surface area (Å²) in [6.45, 7) is 0. The van der Waals surface area contributed by atoms with Crippen LogP contribution in [0.2, 0.25) is 5.02 Å². The number of rotatable bonds is 3. The summed E-state index contributed by atoms with van der Waals surface area (Å²) in [7, 11) is 1.34. The monoisotopic (exact) mass is 466 g/mol. The van der Waals surface area contributed by atoms with Gasteiger partial charge in [-0.3, -0.25) is 14.6 Å². The summed E-state index contributed by atoms with van der Waals surface area (Å²) < 4.78 is 14.9. The molecule has 0 spiro atoms. The van der Waals surface area contributed by atoms with Gasteiger partial charge in [0.2, 0.25) is 5.95 Å². The van der Waals surface area contributed by atoms with Gasteiger partial charge < -0.3 is 15.2 Å². The zero-order valence-electron chi connectivity index (χ0n) is 17.1. The number of nitrogens with one attached hydrogen (secondary N) is 1. The fraction of sp³-hybridized carbons (Fsp3) is 0.0870. The van der Waals surface area contributed by atoms with Gasteiger partial charge in [0.15, 0.2) is 5.72 Å². The van der Waals surface area contributed by atoms with Crippen LogP contribution < -0.4 is 9.80 Å². The number of nitrogens with zero attached hydrogens (tertiary/aromatic N) is 3. The lowest BCUT2D eigenvalue weighted by Crippen LogP contribution is -2.45. The molecular formula is C23H16ClFN4O4. The number of carboxylic acid groups (broad SMARTS) is 1. The Morgan fingerprint density at radius 1 is 1.18 bits per heavy atom. The minimum atomic E-state index is -2.06. The summed E-state index contributed by atoms with van der Waals surface area (Å²) in [5.41, 5.74) is -0.623. The average molecular weight is 467 g/mol. The second-order valence-corrected chi connectivity index (χ2v) is 8.02. The van der Waals surface area contributed by atoms with Crippen molar-refractivity contribution in [1.29, 1.82) is 0 Å². The SMILES string of the molecule is CN(C(=O)O)c1nc2ccc(C3(O)c4ccccc4C(=O)N3c3cc(Cl)ccc3F)cc2[nH]1. The number of anilines is 2. The van der Waals surface area contributed by atoms with E-state index in [-0.39, 0.29) is 33.3 Å². The van der Waals surface area contributed by atoms with Gasteiger partial charge in [-0.2, -0.15) is 0 Å². The number of aromatic nitrogens is 2. The van der Waals surface area contributed by atoms with Gasteiger partial charge in [0.1, 0.15) is 5.82 Å². The molecule has 2 amide bonds. The van der Waals surface area contributed by atoms with Gasteiger partial charge in [-0.25, -0.2) is 14.2 Å². The van der Waals surface area contributed by atoms with E-state index in [2.05, 4.69) is 9.97 Å². The van der Waals surface area contributed by atoms with Crippen molar-refractivity contribution in [1.82, 2.24) is 9.97 Å². The third-order valence-corrected chi connectivity index (χ3v) is 5.92. The molecule has 5 rings (SSSR count). The molecule has 0 bridgehead atoms. The van der Waals surface area contributed by atoms with E-state index in [1.54, 1.807) is 42.5 Å². The van der Waals surface area contributed by atoms with Crippen molar-refractivity contribution in [2.45, 2.75) is 5.72 Å². The number of imidazole rings is 1. The Morgan fingerprint density at radius 2 is 1.94 bits per heavy atom. The molecule has 0 saturated heterocycles. The maximum Gasteiger partial charge on any atom is 0.413 e. The molecular weight excluding hydrogens is 451 g/mol. The maximum atomic E-state index is 14.9. The van der Waals surface area contributed by atoms with Gasteiger partial charge in [-0.15, -0.1) is 0 Å². The number of carbonyl (C=O) groups is 2. The predicted octanol–water partition coefficient (Wildman–Crippen LogP) is 4.32. The zero-order chi connectivity index (χ0) is 23.5. The van der Waals surface area contributed by atoms with E-state index >= 15 is 0 Å². The van der Waals surface area contributed by atoms with Crippen LogP contribution in [0.15, 0.2) is 60.7 Å². The topological polar surface area (TPSA) is 110 Å². The summed E-state index contributed by atoms with van der Waals surface area (Å²) >= 11 is 6.08. The van der Waals surface area contributed by atoms with Gasteiger partial charge in [-0.1, -0.05) is 35.9 Å². The second kappa shape index (κ2) is 7.29. The van der Waals surface area contributed by atoms with Crippen molar-refractivity contribution in [3.8, 4) is 0 Å². The molecule has 3 aromatic carbocycles. The van der Waals surface area contributed by atoms with Crippen molar-refractivity contribution in [2.75, 3.05) is 16.8 Å². The lowest BCUT2D eigenvalue weighted by atomic mass is 9.93. The number of aliphatic hydroxyl groups is 1. The van der Waals surface area contributed by atoms with Gasteiger partial charge >= 0.3 is 6.09 Å². The molecule has 1 aliphatic rings. The highest BCUT2D eigenvalue weighted by Crippen LogP contribution is 2.46. The van der Waals surface area contributed by atoms with Crippen molar-refractivity contribution >= 4 is 46.3 Å². The smallest absolute Gasteiger partial charge is 0.413 e. The number of benzene rings is 3. The molecule has 166 valence electrons. The van der Waals surface area contributed by atoms with Crippen LogP contribution in [0.25, 0.3) is 11.0 Å². The molecule has 10 heteroatoms. The summed E-state index contributed by atoms with van der Waals surface area (Å²) in [5.74, 6) is -1.24. The number of amides is 2. The van der Waals surface area contributed by atoms with E-state index in [1.165, 1.54) is 19.2 Å². The summed E-state index contributed by atoms with van der Waals surface area (Å²) in [6, 6.07) is 14.9. The van der Waals surface area contributed by atoms with Crippen molar-refractivity contribution in [3.63, 3.8) is 0 Å². The number of H-pyrrole nitrogens is 1. The molecule has 1 atom stereocenters. The van der Waals surface area contributed by atoms with E-state index in [0.29, 0.717) is 11.0 Å². The second-order valence-electron chi connectivity index (χ2n) is 7.59. The van der Waals surface area contributed by atoms with Gasteiger partial charge in [0.25, 0.3) is 5.91 Å². The Labute approximate surface area is 191 Å². The molecule has 33 heavy (non-hydrogen) atoms. The Morgan fingerprint density at radius 3 is 2.70 bits per heavy atom. The first-order valence-corrected chi connectivity index (χ1v) is 10.2. The molecule has 0 fully saturated rings. The van der Waals surface area contributed by atoms with Crippen LogP contribution >= 0.6 is 11.6 Å². The van der Waals surface area contributed by atoms with Gasteiger partial charge in [-0.05, 0) is 36.4 Å². The molecule has 0 radical (unpaired) electrons. The number of aromatic amines is 1. The first-order chi connectivity index (χ1) is 15.7. The minimum Gasteiger partial charge on any atom is -0.465 e. The number of fused-ring (bicyclic) bond motifs is 2. The third kappa shape index (κ3) is 3.05. The summed E-state index contributed by atoms with van der Waals surface area (Å²) in [5, 5.41) is 21.4. The Balaban J connectivity index is 1.74. The highest BCUT2D eigenvalue weighted by Gasteiger charge is 2.51. The molecule has 4 aromatic rings. The van der Waals surface area contributed by atoms with E-state index in [9.17, 15) is 24.2 Å². The van der Waals surface area contributed by atoms with Gasteiger partial charge in [0, 0.05) is 28.8 Å². The van der Waals surface area contributed by atoms with Crippen LogP contribution in [0, 0.1) is 5.82 Å². The lowest BCUT2D eigenvalue weighted by molar-refractivity contribution is 0.0699. The lowest BCUT2D eigenvalue weighted by Gasteiger charge is -2.35. The minimum absolute atomic E-state index is 0.0854. The number of carbonyl (C=O) groups excluding carboxylic acids is 1. The van der Waals surface area contributed by atoms with E-state index in [1.807, 2.05) is 0 Å². The van der Waals surface area contributed by atoms with Crippen LogP contribution in [0.4, 0.5) is 20.8 Å². The van der Waals surface area contributed by atoms with Crippen LogP contribution in [0.5, 0.6) is 0 Å². The molecule has 1 aromatic heterocycles. The van der Waals surface area contributed by atoms with Crippen LogP contribution in [0.1, 0.15) is 21.5 Å². The molecule has 1 unspecified atom stereocenters. The summed E-state index contributed by atoms with van der Waals surface area (Å²) in [6.07, 6.45) is -1.20. The maximum absolute atomic E-state index is 14.9. The molecule has 8 nitrogen and oxygen atoms in total. The molecule has 1 aliphatic heterocycles. The van der Waals surface area contributed by atoms with Crippen LogP contribution in [-0.4, -0.2) is 39.2 Å². The third-order valence-electron chi connectivity index (χ3n) is 5.69. The molecule has 2 heterocycles. The largest absolute Gasteiger partial charge is 0.465 e. The van der Waals surface area contributed by atoms with Crippen molar-refractivity contribution in [3.05, 3.63) is 88.2 Å². The predicted molar refractivity (Wildman–Crippen MR) is 120 cm³/mol. The van der Waals surface area contributed by atoms with Crippen molar-refractivity contribution < 1.29 is 24.2 Å². The highest BCUT2D eigenvalue weighted by molar-refractivity contribution is 6.31. The zero-order valence-corrected chi connectivity index (χ0v) is 17.8. The molecule has 0 aliphatic carbocycles. The quantitative estimate of drug-likeness (QED) is 0.416. The number of halogens is 2. The van der Waals surface area contributed by atoms with Gasteiger partial charge in [0.05, 0.1) is 16.7 Å². The standard InChI is InChI=1S/C23H16ClFN4O4/c1-28(22(31)32)21-26-17-9-6-12(10-18(17)27-21)23(33)15-5-3-2-4-14(15)20(30)29(23)19-11-13(24)7-8-16(19)25/h2-11,33H,1H3,(H,26,27)(H,31,32). The average Bonchev–Trinajstić information content (AvgIpc) is 3.32. The van der Waals surface area contributed by atoms with Crippen molar-refractivity contribution in [2.24, 2.45) is 0 Å². The highest BCUT2D eigenvalue weighted by atomic mass is 35.5. The van der Waals surface area contributed by atoms with E-state index < -0.39 is 23.5 Å². The molecule has 3 N–H and O–H groups in total. The van der Waals surface area contributed by atoms with Crippen LogP contribution in [-0.2, 0) is 5.72 Å². The summed E-state index contributed by atoms with van der Waals surface area (Å²) in [4.78, 5) is 33.6. The molecule has 0 saturated carbocycles. The normalized spacial score (nSPS) is 17.5. The first-order valence-electron chi connectivity index (χ1n) is 9.80. The fourth-order valence-corrected chi connectivity index (χ4v) is 4.22. The number of hydrogen-bond acceptors (Lipinski definition) is 4. The van der Waals surface area contributed by atoms with E-state index in [0.717, 1.165) is 15.9 Å². The number of hydrogen-bond donors (Lipinski definition) is 3. The van der Waals surface area contributed by atoms with Crippen LogP contribution in [0.3, 0.4) is 0 Å². The Bertz CT molecular complexity index is 1460. The Kier molecular flexibility index (Phi) is 4.62. The Hall–Kier alpha value is -3.95. The fourth-order valence-electron chi connectivity index (χ4n) is 4.05. The first kappa shape index (κ1) is 20.9.